The average molecular weight is 237 g/mol. The highest BCUT2D eigenvalue weighted by Crippen LogP contribution is 2.26. The molecule has 0 spiro atoms. The van der Waals surface area contributed by atoms with Gasteiger partial charge in [-0.2, -0.15) is 0 Å². The average Bonchev–Trinajstić information content (AvgIpc) is 2.26. The summed E-state index contributed by atoms with van der Waals surface area (Å²) in [5, 5.41) is 27.9. The summed E-state index contributed by atoms with van der Waals surface area (Å²) < 4.78 is 0. The van der Waals surface area contributed by atoms with Crippen LogP contribution in [0.4, 0.5) is 5.69 Å². The Labute approximate surface area is 94.8 Å². The van der Waals surface area contributed by atoms with E-state index in [1.807, 2.05) is 0 Å². The molecule has 1 aromatic rings. The van der Waals surface area contributed by atoms with Crippen molar-refractivity contribution in [1.82, 2.24) is 0 Å². The van der Waals surface area contributed by atoms with Crippen molar-refractivity contribution in [2.75, 3.05) is 0 Å². The van der Waals surface area contributed by atoms with E-state index in [-0.39, 0.29) is 5.56 Å². The van der Waals surface area contributed by atoms with Crippen LogP contribution >= 0.6 is 0 Å². The third-order valence-electron chi connectivity index (χ3n) is 1.83. The number of hydrogen-bond donors (Lipinski definition) is 2. The number of allylic oxidation sites excluding steroid dienone is 1. The Morgan fingerprint density at radius 1 is 1.29 bits per heavy atom. The first kappa shape index (κ1) is 12.4. The number of aliphatic carboxylic acids is 1. The smallest absolute Gasteiger partial charge is 0.328 e. The van der Waals surface area contributed by atoms with Crippen LogP contribution in [-0.2, 0) is 4.79 Å². The number of hydrogen-bond acceptors (Lipinski definition) is 5. The molecule has 17 heavy (non-hydrogen) atoms. The Hall–Kier alpha value is -2.70. The van der Waals surface area contributed by atoms with Crippen LogP contribution in [0.5, 0.6) is 5.75 Å². The van der Waals surface area contributed by atoms with Crippen LogP contribution in [0.1, 0.15) is 10.4 Å². The number of carboxylic acids is 1. The van der Waals surface area contributed by atoms with E-state index in [1.165, 1.54) is 0 Å². The maximum Gasteiger partial charge on any atom is 0.328 e. The molecule has 0 aliphatic heterocycles. The van der Waals surface area contributed by atoms with Crippen LogP contribution < -0.4 is 0 Å². The Balaban J connectivity index is 3.08. The first-order valence-electron chi connectivity index (χ1n) is 4.34. The largest absolute Gasteiger partial charge is 0.502 e. The van der Waals surface area contributed by atoms with Gasteiger partial charge < -0.3 is 10.2 Å². The number of rotatable bonds is 4. The molecule has 0 radical (unpaired) electrons. The fourth-order valence-electron chi connectivity index (χ4n) is 1.07. The topological polar surface area (TPSA) is 118 Å². The predicted molar refractivity (Wildman–Crippen MR) is 55.9 cm³/mol. The summed E-state index contributed by atoms with van der Waals surface area (Å²) in [5.74, 6) is -2.56. The van der Waals surface area contributed by atoms with Crippen LogP contribution in [0.25, 0.3) is 0 Å². The van der Waals surface area contributed by atoms with Gasteiger partial charge in [0.1, 0.15) is 0 Å². The summed E-state index contributed by atoms with van der Waals surface area (Å²) in [6.07, 6.45) is 1.40. The maximum absolute atomic E-state index is 11.4. The van der Waals surface area contributed by atoms with Gasteiger partial charge in [-0.1, -0.05) is 0 Å². The molecule has 0 aromatic heterocycles. The molecule has 0 bridgehead atoms. The summed E-state index contributed by atoms with van der Waals surface area (Å²) >= 11 is 0. The molecule has 88 valence electrons. The fourth-order valence-corrected chi connectivity index (χ4v) is 1.07. The molecule has 7 nitrogen and oxygen atoms in total. The summed E-state index contributed by atoms with van der Waals surface area (Å²) in [6.45, 7) is 0. The van der Waals surface area contributed by atoms with Gasteiger partial charge >= 0.3 is 11.7 Å². The molecular weight excluding hydrogens is 230 g/mol. The van der Waals surface area contributed by atoms with E-state index >= 15 is 0 Å². The molecule has 0 unspecified atom stereocenters. The molecular formula is C10H7NO6. The first-order chi connectivity index (χ1) is 7.91. The van der Waals surface area contributed by atoms with E-state index < -0.39 is 28.1 Å². The second-order valence-corrected chi connectivity index (χ2v) is 3.00. The summed E-state index contributed by atoms with van der Waals surface area (Å²) in [7, 11) is 0. The predicted octanol–water partition coefficient (Wildman–Crippen LogP) is 1.12. The van der Waals surface area contributed by atoms with Crippen LogP contribution in [-0.4, -0.2) is 26.9 Å². The summed E-state index contributed by atoms with van der Waals surface area (Å²) in [6, 6.07) is 3.04. The molecule has 1 aromatic carbocycles. The van der Waals surface area contributed by atoms with Gasteiger partial charge in [0.05, 0.1) is 4.92 Å². The van der Waals surface area contributed by atoms with Crippen LogP contribution in [0.3, 0.4) is 0 Å². The molecule has 0 saturated heterocycles. The van der Waals surface area contributed by atoms with Crippen molar-refractivity contribution in [2.45, 2.75) is 0 Å². The number of carbonyl (C=O) groups is 2. The van der Waals surface area contributed by atoms with Gasteiger partial charge in [0.2, 0.25) is 0 Å². The molecule has 0 fully saturated rings. The lowest BCUT2D eigenvalue weighted by Crippen LogP contribution is -1.98. The van der Waals surface area contributed by atoms with Crippen molar-refractivity contribution >= 4 is 17.4 Å². The van der Waals surface area contributed by atoms with Crippen molar-refractivity contribution in [1.29, 1.82) is 0 Å². The number of ketones is 1. The molecule has 0 amide bonds. The van der Waals surface area contributed by atoms with Gasteiger partial charge in [0.15, 0.2) is 11.5 Å². The van der Waals surface area contributed by atoms with Crippen LogP contribution in [0.2, 0.25) is 0 Å². The highest BCUT2D eigenvalue weighted by Gasteiger charge is 2.15. The lowest BCUT2D eigenvalue weighted by atomic mass is 10.1. The molecule has 2 N–H and O–H groups in total. The number of nitro benzene ring substituents is 1. The van der Waals surface area contributed by atoms with E-state index in [0.717, 1.165) is 24.3 Å². The number of aromatic hydroxyl groups is 1. The van der Waals surface area contributed by atoms with E-state index in [0.29, 0.717) is 6.08 Å². The molecule has 1 rings (SSSR count). The zero-order valence-electron chi connectivity index (χ0n) is 8.36. The highest BCUT2D eigenvalue weighted by molar-refractivity contribution is 6.07. The minimum absolute atomic E-state index is 0.0769. The lowest BCUT2D eigenvalue weighted by Gasteiger charge is -1.98. The third-order valence-corrected chi connectivity index (χ3v) is 1.83. The second-order valence-electron chi connectivity index (χ2n) is 3.00. The standard InChI is InChI=1S/C10H7NO6/c12-8(3-4-10(14)15)6-1-2-9(13)7(5-6)11(16)17/h1-5,13H,(H,14,15). The fraction of sp³-hybridized carbons (Fsp3) is 0. The van der Waals surface area contributed by atoms with Crippen molar-refractivity contribution < 1.29 is 24.7 Å². The normalized spacial score (nSPS) is 10.4. The van der Waals surface area contributed by atoms with Crippen molar-refractivity contribution in [2.24, 2.45) is 0 Å². The van der Waals surface area contributed by atoms with Crippen molar-refractivity contribution in [3.8, 4) is 5.75 Å². The highest BCUT2D eigenvalue weighted by atomic mass is 16.6. The van der Waals surface area contributed by atoms with E-state index in [1.54, 1.807) is 0 Å². The molecule has 0 saturated carbocycles. The Morgan fingerprint density at radius 3 is 2.47 bits per heavy atom. The molecule has 0 atom stereocenters. The minimum Gasteiger partial charge on any atom is -0.502 e. The molecule has 0 aliphatic carbocycles. The third kappa shape index (κ3) is 3.13. The van der Waals surface area contributed by atoms with Crippen LogP contribution in [0, 0.1) is 10.1 Å². The monoisotopic (exact) mass is 237 g/mol. The van der Waals surface area contributed by atoms with Crippen molar-refractivity contribution in [3.63, 3.8) is 0 Å². The second kappa shape index (κ2) is 4.88. The van der Waals surface area contributed by atoms with E-state index in [9.17, 15) is 19.7 Å². The zero-order valence-corrected chi connectivity index (χ0v) is 8.36. The number of nitro groups is 1. The molecule has 0 aliphatic rings. The van der Waals surface area contributed by atoms with Gasteiger partial charge in [-0.15, -0.1) is 0 Å². The summed E-state index contributed by atoms with van der Waals surface area (Å²) in [4.78, 5) is 31.2. The number of nitrogens with zero attached hydrogens (tertiary/aromatic N) is 1. The number of carboxylic acid groups (broad SMARTS) is 1. The molecule has 0 heterocycles. The minimum atomic E-state index is -1.30. The number of benzene rings is 1. The SMILES string of the molecule is O=C(O)C=CC(=O)c1ccc(O)c([N+](=O)[O-])c1. The van der Waals surface area contributed by atoms with E-state index in [2.05, 4.69) is 0 Å². The van der Waals surface area contributed by atoms with Crippen molar-refractivity contribution in [3.05, 3.63) is 46.0 Å². The zero-order chi connectivity index (χ0) is 13.0. The maximum atomic E-state index is 11.4. The quantitative estimate of drug-likeness (QED) is 0.350. The number of phenolic OH excluding ortho intramolecular Hbond substituents is 1. The van der Waals surface area contributed by atoms with E-state index in [4.69, 9.17) is 10.2 Å². The Morgan fingerprint density at radius 2 is 1.94 bits per heavy atom. The number of phenols is 1. The van der Waals surface area contributed by atoms with Gasteiger partial charge in [0, 0.05) is 17.7 Å². The number of carbonyl (C=O) groups excluding carboxylic acids is 1. The lowest BCUT2D eigenvalue weighted by molar-refractivity contribution is -0.385. The Bertz CT molecular complexity index is 520. The summed E-state index contributed by atoms with van der Waals surface area (Å²) in [5.41, 5.74) is -0.688. The molecule has 7 heteroatoms. The van der Waals surface area contributed by atoms with Gasteiger partial charge in [-0.25, -0.2) is 4.79 Å². The van der Waals surface area contributed by atoms with Crippen LogP contribution in [0.15, 0.2) is 30.4 Å². The first-order valence-corrected chi connectivity index (χ1v) is 4.34. The van der Waals surface area contributed by atoms with Gasteiger partial charge in [0.25, 0.3) is 0 Å². The van der Waals surface area contributed by atoms with Gasteiger partial charge in [-0.05, 0) is 18.2 Å². The Kier molecular flexibility index (Phi) is 3.55. The van der Waals surface area contributed by atoms with Gasteiger partial charge in [-0.3, -0.25) is 14.9 Å².